The molecular weight excluding hydrogens is 331 g/mol. The SMILES string of the molecule is CCNC(=NCc1cc(C#N)ccc1F)NC1CC(OCC)C12CCC2. The summed E-state index contributed by atoms with van der Waals surface area (Å²) in [5, 5.41) is 15.8. The smallest absolute Gasteiger partial charge is 0.191 e. The van der Waals surface area contributed by atoms with Gasteiger partial charge in [0.15, 0.2) is 5.96 Å². The van der Waals surface area contributed by atoms with Crippen molar-refractivity contribution in [2.75, 3.05) is 13.2 Å². The first kappa shape index (κ1) is 18.7. The minimum absolute atomic E-state index is 0.200. The molecule has 0 radical (unpaired) electrons. The van der Waals surface area contributed by atoms with Crippen LogP contribution in [0.15, 0.2) is 23.2 Å². The maximum Gasteiger partial charge on any atom is 0.191 e. The summed E-state index contributed by atoms with van der Waals surface area (Å²) in [5.74, 6) is 0.361. The van der Waals surface area contributed by atoms with Crippen LogP contribution in [-0.2, 0) is 11.3 Å². The van der Waals surface area contributed by atoms with Crippen LogP contribution in [0.4, 0.5) is 4.39 Å². The molecule has 2 fully saturated rings. The lowest BCUT2D eigenvalue weighted by molar-refractivity contribution is -0.168. The van der Waals surface area contributed by atoms with Crippen molar-refractivity contribution >= 4 is 5.96 Å². The number of nitrogens with zero attached hydrogens (tertiary/aromatic N) is 2. The van der Waals surface area contributed by atoms with Gasteiger partial charge in [-0.2, -0.15) is 5.26 Å². The number of aliphatic imine (C=N–C) groups is 1. The lowest BCUT2D eigenvalue weighted by Crippen LogP contribution is -2.68. The number of ether oxygens (including phenoxy) is 1. The van der Waals surface area contributed by atoms with Crippen molar-refractivity contribution < 1.29 is 9.13 Å². The van der Waals surface area contributed by atoms with E-state index in [4.69, 9.17) is 10.00 Å². The maximum atomic E-state index is 14.0. The fourth-order valence-electron chi connectivity index (χ4n) is 4.06. The zero-order chi connectivity index (χ0) is 18.6. The number of rotatable bonds is 6. The van der Waals surface area contributed by atoms with E-state index in [0.717, 1.165) is 19.6 Å². The van der Waals surface area contributed by atoms with E-state index in [1.165, 1.54) is 31.4 Å². The Morgan fingerprint density at radius 1 is 1.42 bits per heavy atom. The molecule has 1 aromatic rings. The molecule has 3 rings (SSSR count). The molecule has 1 aromatic carbocycles. The Kier molecular flexibility index (Phi) is 5.77. The minimum atomic E-state index is -0.334. The Morgan fingerprint density at radius 3 is 2.85 bits per heavy atom. The molecule has 26 heavy (non-hydrogen) atoms. The number of halogens is 1. The molecule has 2 aliphatic carbocycles. The quantitative estimate of drug-likeness (QED) is 0.606. The van der Waals surface area contributed by atoms with Gasteiger partial charge in [0.2, 0.25) is 0 Å². The normalized spacial score (nSPS) is 23.7. The van der Waals surface area contributed by atoms with E-state index in [0.29, 0.717) is 29.2 Å². The van der Waals surface area contributed by atoms with Gasteiger partial charge in [0.1, 0.15) is 5.82 Å². The summed E-state index contributed by atoms with van der Waals surface area (Å²) >= 11 is 0. The summed E-state index contributed by atoms with van der Waals surface area (Å²) < 4.78 is 19.9. The molecule has 0 aromatic heterocycles. The predicted octanol–water partition coefficient (Wildman–Crippen LogP) is 3.10. The molecule has 2 atom stereocenters. The first-order valence-corrected chi connectivity index (χ1v) is 9.48. The highest BCUT2D eigenvalue weighted by atomic mass is 19.1. The second-order valence-corrected chi connectivity index (χ2v) is 7.08. The van der Waals surface area contributed by atoms with Gasteiger partial charge in [-0.1, -0.05) is 6.42 Å². The Bertz CT molecular complexity index is 708. The van der Waals surface area contributed by atoms with Crippen molar-refractivity contribution in [2.45, 2.75) is 58.2 Å². The molecule has 0 saturated heterocycles. The van der Waals surface area contributed by atoms with Gasteiger partial charge < -0.3 is 15.4 Å². The number of benzene rings is 1. The third-order valence-corrected chi connectivity index (χ3v) is 5.67. The monoisotopic (exact) mass is 358 g/mol. The fraction of sp³-hybridized carbons (Fsp3) is 0.600. The summed E-state index contributed by atoms with van der Waals surface area (Å²) in [6.07, 6.45) is 4.95. The largest absolute Gasteiger partial charge is 0.378 e. The van der Waals surface area contributed by atoms with E-state index in [-0.39, 0.29) is 17.8 Å². The number of guanidine groups is 1. The van der Waals surface area contributed by atoms with Crippen molar-refractivity contribution in [2.24, 2.45) is 10.4 Å². The van der Waals surface area contributed by atoms with E-state index in [2.05, 4.69) is 15.6 Å². The second-order valence-electron chi connectivity index (χ2n) is 7.08. The highest BCUT2D eigenvalue weighted by molar-refractivity contribution is 5.80. The van der Waals surface area contributed by atoms with Crippen molar-refractivity contribution in [1.82, 2.24) is 10.6 Å². The van der Waals surface area contributed by atoms with Crippen LogP contribution in [0.1, 0.15) is 50.7 Å². The van der Waals surface area contributed by atoms with Crippen LogP contribution in [-0.4, -0.2) is 31.3 Å². The van der Waals surface area contributed by atoms with Gasteiger partial charge in [0, 0.05) is 30.2 Å². The predicted molar refractivity (Wildman–Crippen MR) is 99.2 cm³/mol. The van der Waals surface area contributed by atoms with Gasteiger partial charge in [-0.3, -0.25) is 0 Å². The van der Waals surface area contributed by atoms with Crippen molar-refractivity contribution in [3.8, 4) is 6.07 Å². The molecule has 2 N–H and O–H groups in total. The standard InChI is InChI=1S/C20H27FN4O/c1-3-23-19(24-13-15-10-14(12-22)6-7-16(15)21)25-17-11-18(26-4-2)20(17)8-5-9-20/h6-7,10,17-18H,3-5,8-9,11,13H2,1-2H3,(H2,23,24,25). The fourth-order valence-corrected chi connectivity index (χ4v) is 4.06. The lowest BCUT2D eigenvalue weighted by Gasteiger charge is -2.61. The summed E-state index contributed by atoms with van der Waals surface area (Å²) in [4.78, 5) is 4.54. The number of nitrogens with one attached hydrogen (secondary N) is 2. The van der Waals surface area contributed by atoms with Crippen molar-refractivity contribution in [3.63, 3.8) is 0 Å². The van der Waals surface area contributed by atoms with Crippen LogP contribution in [0.5, 0.6) is 0 Å². The molecule has 6 heteroatoms. The molecule has 0 amide bonds. The summed E-state index contributed by atoms with van der Waals surface area (Å²) in [7, 11) is 0. The van der Waals surface area contributed by atoms with Crippen LogP contribution in [0, 0.1) is 22.6 Å². The first-order chi connectivity index (χ1) is 12.6. The van der Waals surface area contributed by atoms with Crippen LogP contribution >= 0.6 is 0 Å². The number of hydrogen-bond acceptors (Lipinski definition) is 3. The minimum Gasteiger partial charge on any atom is -0.378 e. The molecule has 2 saturated carbocycles. The highest BCUT2D eigenvalue weighted by Crippen LogP contribution is 2.57. The summed E-state index contributed by atoms with van der Waals surface area (Å²) in [6, 6.07) is 6.75. The average Bonchev–Trinajstić information content (AvgIpc) is 2.58. The second kappa shape index (κ2) is 8.05. The summed E-state index contributed by atoms with van der Waals surface area (Å²) in [6.45, 7) is 5.74. The third-order valence-electron chi connectivity index (χ3n) is 5.67. The van der Waals surface area contributed by atoms with Crippen LogP contribution in [0.3, 0.4) is 0 Å². The van der Waals surface area contributed by atoms with Gasteiger partial charge in [-0.15, -0.1) is 0 Å². The zero-order valence-electron chi connectivity index (χ0n) is 15.5. The van der Waals surface area contributed by atoms with E-state index >= 15 is 0 Å². The molecular formula is C20H27FN4O. The Labute approximate surface area is 154 Å². The zero-order valence-corrected chi connectivity index (χ0v) is 15.5. The van der Waals surface area contributed by atoms with Gasteiger partial charge in [-0.25, -0.2) is 9.38 Å². The number of nitriles is 1. The highest BCUT2D eigenvalue weighted by Gasteiger charge is 2.59. The molecule has 0 aliphatic heterocycles. The molecule has 2 aliphatic rings. The molecule has 1 spiro atoms. The maximum absolute atomic E-state index is 14.0. The van der Waals surface area contributed by atoms with Gasteiger partial charge in [0.05, 0.1) is 24.3 Å². The molecule has 0 bridgehead atoms. The Morgan fingerprint density at radius 2 is 2.23 bits per heavy atom. The average molecular weight is 358 g/mol. The first-order valence-electron chi connectivity index (χ1n) is 9.48. The van der Waals surface area contributed by atoms with Crippen LogP contribution in [0.25, 0.3) is 0 Å². The van der Waals surface area contributed by atoms with Gasteiger partial charge in [-0.05, 0) is 51.3 Å². The molecule has 0 heterocycles. The van der Waals surface area contributed by atoms with Gasteiger partial charge in [0.25, 0.3) is 0 Å². The summed E-state index contributed by atoms with van der Waals surface area (Å²) in [5.41, 5.74) is 1.11. The van der Waals surface area contributed by atoms with E-state index in [1.807, 2.05) is 19.9 Å². The van der Waals surface area contributed by atoms with Gasteiger partial charge >= 0.3 is 0 Å². The van der Waals surface area contributed by atoms with Crippen molar-refractivity contribution in [1.29, 1.82) is 5.26 Å². The van der Waals surface area contributed by atoms with Crippen molar-refractivity contribution in [3.05, 3.63) is 35.1 Å². The number of hydrogen-bond donors (Lipinski definition) is 2. The van der Waals surface area contributed by atoms with Crippen LogP contribution in [0.2, 0.25) is 0 Å². The van der Waals surface area contributed by atoms with E-state index in [9.17, 15) is 4.39 Å². The van der Waals surface area contributed by atoms with E-state index in [1.54, 1.807) is 6.07 Å². The molecule has 5 nitrogen and oxygen atoms in total. The molecule has 140 valence electrons. The molecule has 2 unspecified atom stereocenters. The Hall–Kier alpha value is -2.13. The lowest BCUT2D eigenvalue weighted by atomic mass is 9.51. The third kappa shape index (κ3) is 3.54. The van der Waals surface area contributed by atoms with E-state index < -0.39 is 0 Å². The van der Waals surface area contributed by atoms with Crippen LogP contribution < -0.4 is 10.6 Å². The topological polar surface area (TPSA) is 69.4 Å². The Balaban J connectivity index is 1.68.